The average molecular weight is 335 g/mol. The van der Waals surface area contributed by atoms with Crippen molar-refractivity contribution in [1.29, 1.82) is 0 Å². The van der Waals surface area contributed by atoms with Crippen molar-refractivity contribution in [2.45, 2.75) is 12.1 Å². The maximum atomic E-state index is 11.6. The van der Waals surface area contributed by atoms with Gasteiger partial charge >= 0.3 is 5.97 Å². The molecule has 23 heavy (non-hydrogen) atoms. The van der Waals surface area contributed by atoms with Gasteiger partial charge in [0.15, 0.2) is 5.16 Å². The number of benzene rings is 1. The van der Waals surface area contributed by atoms with E-state index in [0.29, 0.717) is 23.2 Å². The van der Waals surface area contributed by atoms with E-state index in [1.54, 1.807) is 42.9 Å². The lowest BCUT2D eigenvalue weighted by Gasteiger charge is -2.14. The lowest BCUT2D eigenvalue weighted by Crippen LogP contribution is -2.17. The van der Waals surface area contributed by atoms with E-state index in [-0.39, 0.29) is 17.5 Å². The van der Waals surface area contributed by atoms with Gasteiger partial charge in [-0.15, -0.1) is 0 Å². The second-order valence-electron chi connectivity index (χ2n) is 4.43. The standard InChI is InChI=1S/C15H17N3O4S/c1-3-22-14(20)9-23-15-17-13(19)8-12(16)18(15)10-4-6-11(21-2)7-5-10/h4-8H,3,9,16H2,1-2H3. The summed E-state index contributed by atoms with van der Waals surface area (Å²) in [5, 5.41) is 0.327. The molecule has 7 nitrogen and oxygen atoms in total. The van der Waals surface area contributed by atoms with E-state index >= 15 is 0 Å². The Hall–Kier alpha value is -2.48. The van der Waals surface area contributed by atoms with Gasteiger partial charge in [0.2, 0.25) is 0 Å². The van der Waals surface area contributed by atoms with Crippen LogP contribution in [0.3, 0.4) is 0 Å². The Labute approximate surface area is 137 Å². The third-order valence-electron chi connectivity index (χ3n) is 2.88. The minimum Gasteiger partial charge on any atom is -0.497 e. The van der Waals surface area contributed by atoms with E-state index in [4.69, 9.17) is 15.2 Å². The molecule has 0 saturated carbocycles. The zero-order chi connectivity index (χ0) is 16.8. The molecule has 0 radical (unpaired) electrons. The van der Waals surface area contributed by atoms with Gasteiger partial charge in [-0.05, 0) is 31.2 Å². The number of nitrogens with zero attached hydrogens (tertiary/aromatic N) is 2. The number of hydrogen-bond donors (Lipinski definition) is 1. The van der Waals surface area contributed by atoms with E-state index in [0.717, 1.165) is 11.8 Å². The minimum absolute atomic E-state index is 0.0416. The molecule has 122 valence electrons. The van der Waals surface area contributed by atoms with Gasteiger partial charge in [-0.25, -0.2) is 0 Å². The molecule has 2 rings (SSSR count). The molecule has 0 amide bonds. The van der Waals surface area contributed by atoms with Crippen molar-refractivity contribution in [2.75, 3.05) is 25.2 Å². The summed E-state index contributed by atoms with van der Waals surface area (Å²) in [5.41, 5.74) is 6.20. The van der Waals surface area contributed by atoms with Gasteiger partial charge in [0, 0.05) is 11.8 Å². The molecule has 0 unspecified atom stereocenters. The van der Waals surface area contributed by atoms with Crippen LogP contribution in [-0.4, -0.2) is 35.0 Å². The lowest BCUT2D eigenvalue weighted by atomic mass is 10.3. The van der Waals surface area contributed by atoms with Crippen LogP contribution in [0.2, 0.25) is 0 Å². The number of hydrogen-bond acceptors (Lipinski definition) is 7. The van der Waals surface area contributed by atoms with Crippen molar-refractivity contribution in [3.8, 4) is 11.4 Å². The Kier molecular flexibility index (Phi) is 5.64. The zero-order valence-electron chi connectivity index (χ0n) is 12.8. The number of nitrogens with two attached hydrogens (primary N) is 1. The molecule has 0 aliphatic carbocycles. The number of nitrogen functional groups attached to an aromatic ring is 1. The first kappa shape index (κ1) is 16.9. The summed E-state index contributed by atoms with van der Waals surface area (Å²) in [5.74, 6) is 0.596. The number of aromatic nitrogens is 2. The molecular weight excluding hydrogens is 318 g/mol. The number of anilines is 1. The Morgan fingerprint density at radius 2 is 2.04 bits per heavy atom. The van der Waals surface area contributed by atoms with Crippen LogP contribution in [0.5, 0.6) is 5.75 Å². The van der Waals surface area contributed by atoms with Crippen molar-refractivity contribution >= 4 is 23.5 Å². The van der Waals surface area contributed by atoms with Crippen molar-refractivity contribution in [1.82, 2.24) is 9.55 Å². The molecule has 0 atom stereocenters. The van der Waals surface area contributed by atoms with Crippen molar-refractivity contribution < 1.29 is 14.3 Å². The summed E-state index contributed by atoms with van der Waals surface area (Å²) >= 11 is 1.09. The van der Waals surface area contributed by atoms with Crippen LogP contribution in [0.1, 0.15) is 6.92 Å². The summed E-state index contributed by atoms with van der Waals surface area (Å²) in [6, 6.07) is 8.35. The maximum Gasteiger partial charge on any atom is 0.316 e. The number of carbonyl (C=O) groups excluding carboxylic acids is 1. The first-order chi connectivity index (χ1) is 11.0. The summed E-state index contributed by atoms with van der Waals surface area (Å²) in [7, 11) is 1.57. The molecule has 0 fully saturated rings. The first-order valence-corrected chi connectivity index (χ1v) is 7.86. The summed E-state index contributed by atoms with van der Waals surface area (Å²) < 4.78 is 11.6. The predicted octanol–water partition coefficient (Wildman–Crippen LogP) is 1.48. The van der Waals surface area contributed by atoms with E-state index in [1.807, 2.05) is 0 Å². The Morgan fingerprint density at radius 3 is 2.65 bits per heavy atom. The van der Waals surface area contributed by atoms with Crippen LogP contribution < -0.4 is 16.0 Å². The third-order valence-corrected chi connectivity index (χ3v) is 3.79. The quantitative estimate of drug-likeness (QED) is 0.485. The number of esters is 1. The van der Waals surface area contributed by atoms with Gasteiger partial charge in [-0.1, -0.05) is 11.8 Å². The maximum absolute atomic E-state index is 11.6. The average Bonchev–Trinajstić information content (AvgIpc) is 2.53. The van der Waals surface area contributed by atoms with Gasteiger partial charge in [-0.3, -0.25) is 14.2 Å². The largest absolute Gasteiger partial charge is 0.497 e. The van der Waals surface area contributed by atoms with Gasteiger partial charge < -0.3 is 15.2 Å². The highest BCUT2D eigenvalue weighted by Crippen LogP contribution is 2.24. The normalized spacial score (nSPS) is 10.3. The Balaban J connectivity index is 2.36. The van der Waals surface area contributed by atoms with E-state index in [2.05, 4.69) is 4.98 Å². The molecular formula is C15H17N3O4S. The van der Waals surface area contributed by atoms with Gasteiger partial charge in [0.05, 0.1) is 19.5 Å². The fourth-order valence-corrected chi connectivity index (χ4v) is 2.72. The van der Waals surface area contributed by atoms with Gasteiger partial charge in [0.25, 0.3) is 5.56 Å². The lowest BCUT2D eigenvalue weighted by molar-refractivity contribution is -0.139. The topological polar surface area (TPSA) is 96.4 Å². The Morgan fingerprint density at radius 1 is 1.35 bits per heavy atom. The van der Waals surface area contributed by atoms with Crippen LogP contribution in [-0.2, 0) is 9.53 Å². The van der Waals surface area contributed by atoms with E-state index in [9.17, 15) is 9.59 Å². The van der Waals surface area contributed by atoms with Gasteiger partial charge in [-0.2, -0.15) is 4.98 Å². The zero-order valence-corrected chi connectivity index (χ0v) is 13.6. The van der Waals surface area contributed by atoms with Crippen molar-refractivity contribution in [3.63, 3.8) is 0 Å². The molecule has 1 heterocycles. The summed E-state index contributed by atoms with van der Waals surface area (Å²) in [6.45, 7) is 2.03. The molecule has 2 N–H and O–H groups in total. The molecule has 0 saturated heterocycles. The SMILES string of the molecule is CCOC(=O)CSc1nc(=O)cc(N)n1-c1ccc(OC)cc1. The number of carbonyl (C=O) groups is 1. The third kappa shape index (κ3) is 4.26. The molecule has 0 aliphatic rings. The molecule has 0 aliphatic heterocycles. The first-order valence-electron chi connectivity index (χ1n) is 6.87. The van der Waals surface area contributed by atoms with Crippen LogP contribution in [0.25, 0.3) is 5.69 Å². The van der Waals surface area contributed by atoms with Crippen LogP contribution in [0.15, 0.2) is 40.3 Å². The van der Waals surface area contributed by atoms with Crippen LogP contribution in [0, 0.1) is 0 Å². The highest BCUT2D eigenvalue weighted by atomic mass is 32.2. The van der Waals surface area contributed by atoms with Crippen molar-refractivity contribution in [3.05, 3.63) is 40.7 Å². The monoisotopic (exact) mass is 335 g/mol. The smallest absolute Gasteiger partial charge is 0.316 e. The van der Waals surface area contributed by atoms with Crippen molar-refractivity contribution in [2.24, 2.45) is 0 Å². The highest BCUT2D eigenvalue weighted by Gasteiger charge is 2.13. The second-order valence-corrected chi connectivity index (χ2v) is 5.37. The highest BCUT2D eigenvalue weighted by molar-refractivity contribution is 7.99. The summed E-state index contributed by atoms with van der Waals surface area (Å²) in [6.07, 6.45) is 0. The second kappa shape index (κ2) is 7.68. The molecule has 0 bridgehead atoms. The Bertz CT molecular complexity index is 743. The fourth-order valence-electron chi connectivity index (χ4n) is 1.89. The number of thioether (sulfide) groups is 1. The molecule has 2 aromatic rings. The van der Waals surface area contributed by atoms with Crippen LogP contribution >= 0.6 is 11.8 Å². The van der Waals surface area contributed by atoms with E-state index in [1.165, 1.54) is 6.07 Å². The molecule has 1 aromatic carbocycles. The number of rotatable bonds is 6. The number of methoxy groups -OCH3 is 1. The van der Waals surface area contributed by atoms with Crippen LogP contribution in [0.4, 0.5) is 5.82 Å². The fraction of sp³-hybridized carbons (Fsp3) is 0.267. The number of ether oxygens (including phenoxy) is 2. The van der Waals surface area contributed by atoms with Gasteiger partial charge in [0.1, 0.15) is 11.6 Å². The molecule has 1 aromatic heterocycles. The summed E-state index contributed by atoms with van der Waals surface area (Å²) in [4.78, 5) is 27.1. The minimum atomic E-state index is -0.460. The molecule has 0 spiro atoms. The predicted molar refractivity (Wildman–Crippen MR) is 88.2 cm³/mol. The van der Waals surface area contributed by atoms with E-state index < -0.39 is 5.56 Å². The molecule has 8 heteroatoms.